The number of ether oxygens (including phenoxy) is 1. The Morgan fingerprint density at radius 1 is 1.06 bits per heavy atom. The van der Waals surface area contributed by atoms with E-state index in [-0.39, 0.29) is 48.5 Å². The second kappa shape index (κ2) is 9.06. The zero-order valence-electron chi connectivity index (χ0n) is 18.3. The number of alkyl halides is 1. The standard InChI is InChI=1S/C24H28ClN3O5/c25-17-11-28(20-18(29)12-33-21(17)20)24(32)19(13-3-1-2-4-13)27-23(31)15-7-9-16(10-8-15)26-22(30)14-5-6-14/h7-10,13-14,17,19-21H,1-6,11-12H2,(H,26,30)(H,27,31)/t17-,19-,20+,21+/m0/s1. The highest BCUT2D eigenvalue weighted by Crippen LogP contribution is 2.34. The Morgan fingerprint density at radius 3 is 2.42 bits per heavy atom. The number of carbonyl (C=O) groups excluding carboxylic acids is 4. The van der Waals surface area contributed by atoms with Crippen LogP contribution in [0.15, 0.2) is 24.3 Å². The molecule has 176 valence electrons. The number of ketones is 1. The van der Waals surface area contributed by atoms with Gasteiger partial charge in [0.05, 0.1) is 5.38 Å². The second-order valence-corrected chi connectivity index (χ2v) is 10.1. The fourth-order valence-electron chi connectivity index (χ4n) is 5.19. The smallest absolute Gasteiger partial charge is 0.251 e. The van der Waals surface area contributed by atoms with Crippen LogP contribution in [0.25, 0.3) is 0 Å². The SMILES string of the molecule is O=C(N[C@H](C(=O)N1C[C@H](Cl)[C@H]2OCC(=O)[C@H]21)C1CCCC1)c1ccc(NC(=O)C2CC2)cc1. The summed E-state index contributed by atoms with van der Waals surface area (Å²) in [6.07, 6.45) is 5.06. The van der Waals surface area contributed by atoms with Gasteiger partial charge in [-0.3, -0.25) is 19.2 Å². The largest absolute Gasteiger partial charge is 0.366 e. The first-order valence-corrected chi connectivity index (χ1v) is 12.2. The van der Waals surface area contributed by atoms with Crippen LogP contribution in [0, 0.1) is 11.8 Å². The molecule has 9 heteroatoms. The molecule has 4 fully saturated rings. The maximum Gasteiger partial charge on any atom is 0.251 e. The van der Waals surface area contributed by atoms with Crippen LogP contribution in [-0.2, 0) is 19.1 Å². The number of Topliss-reactive ketones (excluding diaryl/α,β-unsaturated/α-hetero) is 1. The minimum absolute atomic E-state index is 0.00560. The summed E-state index contributed by atoms with van der Waals surface area (Å²) < 4.78 is 5.50. The molecule has 2 heterocycles. The molecule has 0 radical (unpaired) electrons. The van der Waals surface area contributed by atoms with Gasteiger partial charge in [0.15, 0.2) is 5.78 Å². The number of hydrogen-bond acceptors (Lipinski definition) is 5. The molecule has 0 bridgehead atoms. The number of hydrogen-bond donors (Lipinski definition) is 2. The van der Waals surface area contributed by atoms with Gasteiger partial charge in [0, 0.05) is 23.7 Å². The van der Waals surface area contributed by atoms with E-state index in [4.69, 9.17) is 16.3 Å². The quantitative estimate of drug-likeness (QED) is 0.616. The van der Waals surface area contributed by atoms with Crippen molar-refractivity contribution < 1.29 is 23.9 Å². The fraction of sp³-hybridized carbons (Fsp3) is 0.583. The number of rotatable bonds is 6. The molecule has 2 aliphatic carbocycles. The van der Waals surface area contributed by atoms with Gasteiger partial charge in [0.2, 0.25) is 11.8 Å². The van der Waals surface area contributed by atoms with E-state index in [1.807, 2.05) is 0 Å². The molecule has 0 spiro atoms. The van der Waals surface area contributed by atoms with Crippen molar-refractivity contribution in [1.29, 1.82) is 0 Å². The fourth-order valence-corrected chi connectivity index (χ4v) is 5.55. The Balaban J connectivity index is 1.29. The van der Waals surface area contributed by atoms with Crippen molar-refractivity contribution in [3.05, 3.63) is 29.8 Å². The third-order valence-electron chi connectivity index (χ3n) is 7.19. The Bertz CT molecular complexity index is 957. The van der Waals surface area contributed by atoms with Crippen LogP contribution in [-0.4, -0.2) is 65.1 Å². The molecule has 2 N–H and O–H groups in total. The Hall–Kier alpha value is -2.45. The third kappa shape index (κ3) is 4.51. The maximum absolute atomic E-state index is 13.6. The van der Waals surface area contributed by atoms with Crippen LogP contribution in [0.3, 0.4) is 0 Å². The lowest BCUT2D eigenvalue weighted by Gasteiger charge is -2.30. The summed E-state index contributed by atoms with van der Waals surface area (Å²) >= 11 is 6.37. The summed E-state index contributed by atoms with van der Waals surface area (Å²) in [6.45, 7) is 0.197. The summed E-state index contributed by atoms with van der Waals surface area (Å²) in [5.74, 6) is -0.638. The van der Waals surface area contributed by atoms with E-state index in [1.165, 1.54) is 4.90 Å². The normalized spacial score (nSPS) is 28.0. The monoisotopic (exact) mass is 473 g/mol. The number of halogens is 1. The van der Waals surface area contributed by atoms with Crippen molar-refractivity contribution in [3.63, 3.8) is 0 Å². The lowest BCUT2D eigenvalue weighted by atomic mass is 9.95. The van der Waals surface area contributed by atoms with Gasteiger partial charge >= 0.3 is 0 Å². The molecule has 2 saturated heterocycles. The molecule has 4 aliphatic rings. The minimum atomic E-state index is -0.717. The van der Waals surface area contributed by atoms with Gasteiger partial charge in [-0.25, -0.2) is 0 Å². The highest BCUT2D eigenvalue weighted by Gasteiger charge is 2.53. The maximum atomic E-state index is 13.6. The lowest BCUT2D eigenvalue weighted by molar-refractivity contribution is -0.139. The average Bonchev–Trinajstić information content (AvgIpc) is 3.23. The highest BCUT2D eigenvalue weighted by atomic mass is 35.5. The number of carbonyl (C=O) groups is 4. The summed E-state index contributed by atoms with van der Waals surface area (Å²) in [6, 6.07) is 5.28. The second-order valence-electron chi connectivity index (χ2n) is 9.53. The molecule has 8 nitrogen and oxygen atoms in total. The molecule has 4 atom stereocenters. The minimum Gasteiger partial charge on any atom is -0.366 e. The number of likely N-dealkylation sites (tertiary alicyclic amines) is 1. The molecule has 3 amide bonds. The van der Waals surface area contributed by atoms with Crippen LogP contribution >= 0.6 is 11.6 Å². The molecule has 0 aromatic heterocycles. The summed E-state index contributed by atoms with van der Waals surface area (Å²) in [5, 5.41) is 5.35. The molecule has 5 rings (SSSR count). The predicted molar refractivity (Wildman–Crippen MR) is 121 cm³/mol. The molecular formula is C24H28ClN3O5. The van der Waals surface area contributed by atoms with Crippen molar-refractivity contribution in [2.75, 3.05) is 18.5 Å². The number of amides is 3. The Labute approximate surface area is 197 Å². The third-order valence-corrected chi connectivity index (χ3v) is 7.58. The average molecular weight is 474 g/mol. The topological polar surface area (TPSA) is 105 Å². The van der Waals surface area contributed by atoms with Crippen LogP contribution in [0.5, 0.6) is 0 Å². The summed E-state index contributed by atoms with van der Waals surface area (Å²) in [5.41, 5.74) is 1.05. The first kappa shape index (κ1) is 22.3. The van der Waals surface area contributed by atoms with Gasteiger partial charge in [-0.2, -0.15) is 0 Å². The number of nitrogens with zero attached hydrogens (tertiary/aromatic N) is 1. The highest BCUT2D eigenvalue weighted by molar-refractivity contribution is 6.22. The lowest BCUT2D eigenvalue weighted by Crippen LogP contribution is -2.54. The number of anilines is 1. The van der Waals surface area contributed by atoms with Crippen LogP contribution in [0.4, 0.5) is 5.69 Å². The van der Waals surface area contributed by atoms with E-state index in [0.29, 0.717) is 11.3 Å². The van der Waals surface area contributed by atoms with Crippen LogP contribution in [0.1, 0.15) is 48.9 Å². The first-order valence-electron chi connectivity index (χ1n) is 11.7. The van der Waals surface area contributed by atoms with E-state index in [9.17, 15) is 19.2 Å². The van der Waals surface area contributed by atoms with Crippen molar-refractivity contribution in [1.82, 2.24) is 10.2 Å². The van der Waals surface area contributed by atoms with Gasteiger partial charge in [0.25, 0.3) is 5.91 Å². The molecular weight excluding hydrogens is 446 g/mol. The van der Waals surface area contributed by atoms with Crippen molar-refractivity contribution in [2.24, 2.45) is 11.8 Å². The molecule has 2 saturated carbocycles. The summed E-state index contributed by atoms with van der Waals surface area (Å²) in [7, 11) is 0. The van der Waals surface area contributed by atoms with Crippen molar-refractivity contribution >= 4 is 40.8 Å². The van der Waals surface area contributed by atoms with Crippen LogP contribution < -0.4 is 10.6 Å². The van der Waals surface area contributed by atoms with E-state index < -0.39 is 23.6 Å². The molecule has 33 heavy (non-hydrogen) atoms. The van der Waals surface area contributed by atoms with E-state index >= 15 is 0 Å². The van der Waals surface area contributed by atoms with Gasteiger partial charge in [-0.15, -0.1) is 11.6 Å². The number of fused-ring (bicyclic) bond motifs is 1. The molecule has 1 aromatic rings. The predicted octanol–water partition coefficient (Wildman–Crippen LogP) is 2.11. The molecule has 1 aromatic carbocycles. The zero-order valence-corrected chi connectivity index (χ0v) is 19.1. The number of nitrogens with one attached hydrogen (secondary N) is 2. The van der Waals surface area contributed by atoms with Crippen molar-refractivity contribution in [2.45, 2.75) is 62.1 Å². The first-order chi connectivity index (χ1) is 15.9. The van der Waals surface area contributed by atoms with Gasteiger partial charge in [-0.05, 0) is 55.9 Å². The Kier molecular flexibility index (Phi) is 6.14. The van der Waals surface area contributed by atoms with Gasteiger partial charge < -0.3 is 20.3 Å². The molecule has 0 unspecified atom stereocenters. The number of benzene rings is 1. The zero-order chi connectivity index (χ0) is 23.1. The van der Waals surface area contributed by atoms with Gasteiger partial charge in [0.1, 0.15) is 24.8 Å². The van der Waals surface area contributed by atoms with E-state index in [0.717, 1.165) is 38.5 Å². The Morgan fingerprint density at radius 2 is 1.76 bits per heavy atom. The molecule has 2 aliphatic heterocycles. The van der Waals surface area contributed by atoms with Gasteiger partial charge in [-0.1, -0.05) is 12.8 Å². The van der Waals surface area contributed by atoms with Crippen molar-refractivity contribution in [3.8, 4) is 0 Å². The van der Waals surface area contributed by atoms with E-state index in [2.05, 4.69) is 10.6 Å². The van der Waals surface area contributed by atoms with Crippen LogP contribution in [0.2, 0.25) is 0 Å². The van der Waals surface area contributed by atoms with E-state index in [1.54, 1.807) is 24.3 Å². The summed E-state index contributed by atoms with van der Waals surface area (Å²) in [4.78, 5) is 52.4.